The lowest BCUT2D eigenvalue weighted by molar-refractivity contribution is -0.123. The molecule has 2 saturated heterocycles. The topological polar surface area (TPSA) is 62.8 Å². The monoisotopic (exact) mass is 359 g/mol. The van der Waals surface area contributed by atoms with E-state index in [4.69, 9.17) is 9.47 Å². The molecule has 2 unspecified atom stereocenters. The van der Waals surface area contributed by atoms with Crippen LogP contribution in [0.15, 0.2) is 18.2 Å². The van der Waals surface area contributed by atoms with Gasteiger partial charge in [0.1, 0.15) is 11.5 Å². The maximum atomic E-state index is 12.7. The van der Waals surface area contributed by atoms with E-state index in [0.29, 0.717) is 5.41 Å². The molecule has 1 aromatic rings. The highest BCUT2D eigenvalue weighted by atomic mass is 16.5. The summed E-state index contributed by atoms with van der Waals surface area (Å²) < 4.78 is 10.7. The Morgan fingerprint density at radius 3 is 2.54 bits per heavy atom. The molecule has 0 radical (unpaired) electrons. The van der Waals surface area contributed by atoms with Gasteiger partial charge in [0, 0.05) is 48.9 Å². The fourth-order valence-electron chi connectivity index (χ4n) is 4.59. The van der Waals surface area contributed by atoms with E-state index >= 15 is 0 Å². The van der Waals surface area contributed by atoms with Gasteiger partial charge in [-0.25, -0.2) is 0 Å². The maximum Gasteiger partial charge on any atom is 0.223 e. The van der Waals surface area contributed by atoms with Crippen molar-refractivity contribution >= 4 is 11.6 Å². The largest absolute Gasteiger partial charge is 0.497 e. The second-order valence-electron chi connectivity index (χ2n) is 7.88. The summed E-state index contributed by atoms with van der Waals surface area (Å²) in [6.45, 7) is 3.88. The number of hydrogen-bond acceptors (Lipinski definition) is 5. The van der Waals surface area contributed by atoms with Crippen molar-refractivity contribution in [3.8, 4) is 11.5 Å². The molecule has 0 bridgehead atoms. The third kappa shape index (κ3) is 3.34. The van der Waals surface area contributed by atoms with Crippen LogP contribution in [0, 0.1) is 11.3 Å². The molecule has 3 aliphatic rings. The van der Waals surface area contributed by atoms with Crippen LogP contribution < -0.4 is 25.0 Å². The number of nitrogens with zero attached hydrogens (tertiary/aromatic N) is 1. The Morgan fingerprint density at radius 1 is 1.19 bits per heavy atom. The molecule has 2 N–H and O–H groups in total. The van der Waals surface area contributed by atoms with Crippen LogP contribution in [0.1, 0.15) is 25.7 Å². The summed E-state index contributed by atoms with van der Waals surface area (Å²) in [5.74, 6) is 2.08. The van der Waals surface area contributed by atoms with Gasteiger partial charge in [0.15, 0.2) is 0 Å². The second-order valence-corrected chi connectivity index (χ2v) is 7.88. The molecule has 4 rings (SSSR count). The van der Waals surface area contributed by atoms with E-state index in [1.54, 1.807) is 14.2 Å². The Morgan fingerprint density at radius 2 is 1.88 bits per heavy atom. The van der Waals surface area contributed by atoms with Crippen molar-refractivity contribution in [1.29, 1.82) is 0 Å². The number of carbonyl (C=O) groups excluding carboxylic acids is 1. The van der Waals surface area contributed by atoms with Gasteiger partial charge in [-0.1, -0.05) is 0 Å². The molecule has 2 atom stereocenters. The summed E-state index contributed by atoms with van der Waals surface area (Å²) in [7, 11) is 3.33. The Hall–Kier alpha value is -1.95. The van der Waals surface area contributed by atoms with E-state index in [9.17, 15) is 4.79 Å². The van der Waals surface area contributed by atoms with Crippen LogP contribution in [0.25, 0.3) is 0 Å². The zero-order valence-corrected chi connectivity index (χ0v) is 15.7. The Bertz CT molecular complexity index is 650. The molecule has 0 aromatic heterocycles. The van der Waals surface area contributed by atoms with Crippen LogP contribution in [-0.4, -0.2) is 52.3 Å². The zero-order chi connectivity index (χ0) is 18.1. The van der Waals surface area contributed by atoms with E-state index in [2.05, 4.69) is 15.5 Å². The molecule has 1 spiro atoms. The van der Waals surface area contributed by atoms with Crippen molar-refractivity contribution in [2.75, 3.05) is 45.3 Å². The van der Waals surface area contributed by atoms with Gasteiger partial charge in [-0.15, -0.1) is 0 Å². The number of nitrogens with one attached hydrogen (secondary N) is 2. The minimum absolute atomic E-state index is 0.221. The summed E-state index contributed by atoms with van der Waals surface area (Å²) in [4.78, 5) is 15.0. The molecule has 1 aliphatic carbocycles. The molecular weight excluding hydrogens is 330 g/mol. The molecule has 1 aromatic carbocycles. The average Bonchev–Trinajstić information content (AvgIpc) is 3.15. The van der Waals surface area contributed by atoms with E-state index in [0.717, 1.165) is 69.0 Å². The molecule has 3 fully saturated rings. The fourth-order valence-corrected chi connectivity index (χ4v) is 4.59. The number of ether oxygens (including phenoxy) is 2. The lowest BCUT2D eigenvalue weighted by atomic mass is 9.91. The molecular formula is C20H29N3O3. The lowest BCUT2D eigenvalue weighted by Crippen LogP contribution is -2.40. The van der Waals surface area contributed by atoms with Crippen LogP contribution in [0.5, 0.6) is 11.5 Å². The Balaban J connectivity index is 1.35. The van der Waals surface area contributed by atoms with Crippen molar-refractivity contribution in [2.24, 2.45) is 11.3 Å². The predicted octanol–water partition coefficient (Wildman–Crippen LogP) is 1.79. The quantitative estimate of drug-likeness (QED) is 0.839. The van der Waals surface area contributed by atoms with Crippen LogP contribution in [0.4, 0.5) is 5.69 Å². The van der Waals surface area contributed by atoms with Crippen molar-refractivity contribution in [3.63, 3.8) is 0 Å². The third-order valence-corrected chi connectivity index (χ3v) is 6.34. The van der Waals surface area contributed by atoms with Crippen LogP contribution >= 0.6 is 0 Å². The van der Waals surface area contributed by atoms with E-state index < -0.39 is 0 Å². The molecule has 1 amide bonds. The molecule has 1 saturated carbocycles. The molecule has 2 heterocycles. The number of hydrogen-bond donors (Lipinski definition) is 2. The van der Waals surface area contributed by atoms with Crippen molar-refractivity contribution < 1.29 is 14.3 Å². The van der Waals surface area contributed by atoms with Crippen molar-refractivity contribution in [2.45, 2.75) is 31.7 Å². The van der Waals surface area contributed by atoms with Gasteiger partial charge in [0.25, 0.3) is 0 Å². The standard InChI is InChI=1S/C20H29N3O3/c1-25-16-9-15(10-17(11-16)26-2)23-8-3-14(13-23)22-19(24)18-12-20(18)4-6-21-7-5-20/h9-11,14,18,21H,3-8,12-13H2,1-2H3,(H,22,24). The smallest absolute Gasteiger partial charge is 0.223 e. The number of piperidine rings is 1. The lowest BCUT2D eigenvalue weighted by Gasteiger charge is -2.24. The molecule has 26 heavy (non-hydrogen) atoms. The highest BCUT2D eigenvalue weighted by molar-refractivity contribution is 5.83. The van der Waals surface area contributed by atoms with Gasteiger partial charge < -0.3 is 25.0 Å². The summed E-state index contributed by atoms with van der Waals surface area (Å²) >= 11 is 0. The van der Waals surface area contributed by atoms with Gasteiger partial charge in [-0.3, -0.25) is 4.79 Å². The first-order valence-corrected chi connectivity index (χ1v) is 9.63. The van der Waals surface area contributed by atoms with Crippen molar-refractivity contribution in [1.82, 2.24) is 10.6 Å². The first-order chi connectivity index (χ1) is 12.6. The van der Waals surface area contributed by atoms with Crippen LogP contribution in [0.2, 0.25) is 0 Å². The normalized spacial score (nSPS) is 26.6. The number of carbonyl (C=O) groups is 1. The second kappa shape index (κ2) is 6.99. The van der Waals surface area contributed by atoms with Gasteiger partial charge in [-0.2, -0.15) is 0 Å². The molecule has 6 nitrogen and oxygen atoms in total. The first kappa shape index (κ1) is 17.5. The highest BCUT2D eigenvalue weighted by Gasteiger charge is 2.57. The van der Waals surface area contributed by atoms with Crippen LogP contribution in [-0.2, 0) is 4.79 Å². The van der Waals surface area contributed by atoms with Crippen LogP contribution in [0.3, 0.4) is 0 Å². The SMILES string of the molecule is COc1cc(OC)cc(N2CCC(NC(=O)C3CC34CCNCC4)C2)c1. The summed E-state index contributed by atoms with van der Waals surface area (Å²) in [6.07, 6.45) is 4.34. The predicted molar refractivity (Wildman–Crippen MR) is 101 cm³/mol. The third-order valence-electron chi connectivity index (χ3n) is 6.34. The minimum Gasteiger partial charge on any atom is -0.497 e. The van der Waals surface area contributed by atoms with Gasteiger partial charge in [0.05, 0.1) is 14.2 Å². The van der Waals surface area contributed by atoms with E-state index in [1.165, 1.54) is 0 Å². The van der Waals surface area contributed by atoms with Gasteiger partial charge in [0.2, 0.25) is 5.91 Å². The van der Waals surface area contributed by atoms with E-state index in [-0.39, 0.29) is 17.9 Å². The van der Waals surface area contributed by atoms with Gasteiger partial charge in [-0.05, 0) is 44.2 Å². The first-order valence-electron chi connectivity index (χ1n) is 9.63. The number of methoxy groups -OCH3 is 2. The zero-order valence-electron chi connectivity index (χ0n) is 15.7. The number of benzene rings is 1. The van der Waals surface area contributed by atoms with E-state index in [1.807, 2.05) is 18.2 Å². The molecule has 6 heteroatoms. The molecule has 2 aliphatic heterocycles. The van der Waals surface area contributed by atoms with Crippen molar-refractivity contribution in [3.05, 3.63) is 18.2 Å². The summed E-state index contributed by atoms with van der Waals surface area (Å²) in [6, 6.07) is 6.15. The number of anilines is 1. The Kier molecular flexibility index (Phi) is 4.69. The maximum absolute atomic E-state index is 12.7. The summed E-state index contributed by atoms with van der Waals surface area (Å²) in [5, 5.41) is 6.70. The number of rotatable bonds is 5. The fraction of sp³-hybridized carbons (Fsp3) is 0.650. The molecule has 142 valence electrons. The van der Waals surface area contributed by atoms with Gasteiger partial charge >= 0.3 is 0 Å². The minimum atomic E-state index is 0.221. The number of amides is 1. The Labute approximate surface area is 155 Å². The summed E-state index contributed by atoms with van der Waals surface area (Å²) in [5.41, 5.74) is 1.38. The highest BCUT2D eigenvalue weighted by Crippen LogP contribution is 2.58. The average molecular weight is 359 g/mol.